The van der Waals surface area contributed by atoms with Crippen LogP contribution in [-0.2, 0) is 5.92 Å². The van der Waals surface area contributed by atoms with Crippen LogP contribution < -0.4 is 4.43 Å². The summed E-state index contributed by atoms with van der Waals surface area (Å²) in [6.45, 7) is 17.3. The normalized spacial score (nSPS) is 15.2. The molecular weight excluding hydrogens is 733 g/mol. The summed E-state index contributed by atoms with van der Waals surface area (Å²) in [5, 5.41) is 0. The largest absolute Gasteiger partial charge is 0.539 e. The second-order valence-electron chi connectivity index (χ2n) is 15.9. The highest BCUT2D eigenvalue weighted by molar-refractivity contribution is 6.80. The van der Waals surface area contributed by atoms with Gasteiger partial charge in [-0.1, -0.05) is 155 Å². The number of hydrogen-bond donors (Lipinski definition) is 0. The van der Waals surface area contributed by atoms with E-state index in [0.29, 0.717) is 12.1 Å². The maximum absolute atomic E-state index is 16.5. The molecule has 0 amide bonds. The van der Waals surface area contributed by atoms with Gasteiger partial charge in [-0.3, -0.25) is 0 Å². The maximum Gasteiger partial charge on any atom is 0.302 e. The van der Waals surface area contributed by atoms with Crippen LogP contribution in [0.15, 0.2) is 6.07 Å². The molecule has 1 unspecified atom stereocenters. The number of fused-ring (bicyclic) bond motifs is 3. The fourth-order valence-electron chi connectivity index (χ4n) is 9.27. The van der Waals surface area contributed by atoms with Gasteiger partial charge in [-0.05, 0) is 23.7 Å². The van der Waals surface area contributed by atoms with E-state index in [1.807, 2.05) is 13.8 Å². The van der Waals surface area contributed by atoms with E-state index < -0.39 is 93.3 Å². The Hall–Kier alpha value is -1.67. The van der Waals surface area contributed by atoms with E-state index in [0.717, 1.165) is 56.3 Å². The minimum Gasteiger partial charge on any atom is -0.539 e. The SMILES string of the molecule is CCC[Si](CCC)(CCC)CCCCCC[Si](CCC[Si](CC)(CC)CC)(Oc1c(F)c(F)c2c(c1F)-c1c(cc(F)c(F)c1F)C2(F)F)C(C)C. The quantitative estimate of drug-likeness (QED) is 0.0358. The lowest BCUT2D eigenvalue weighted by Crippen LogP contribution is -2.46. The van der Waals surface area contributed by atoms with Gasteiger partial charge >= 0.3 is 5.92 Å². The summed E-state index contributed by atoms with van der Waals surface area (Å²) in [6, 6.07) is 10.7. The first-order valence-electron chi connectivity index (χ1n) is 20.0. The molecule has 296 valence electrons. The molecule has 0 saturated heterocycles. The van der Waals surface area contributed by atoms with E-state index in [9.17, 15) is 8.78 Å². The molecule has 1 nitrogen and oxygen atoms in total. The van der Waals surface area contributed by atoms with Crippen molar-refractivity contribution < 1.29 is 39.5 Å². The van der Waals surface area contributed by atoms with Gasteiger partial charge in [0.25, 0.3) is 8.32 Å². The Morgan fingerprint density at radius 2 is 1.06 bits per heavy atom. The minimum atomic E-state index is -4.50. The Bertz CT molecular complexity index is 1470. The Balaban J connectivity index is 2.02. The second kappa shape index (κ2) is 18.8. The molecule has 0 spiro atoms. The predicted molar refractivity (Wildman–Crippen MR) is 207 cm³/mol. The molecule has 0 saturated carbocycles. The average Bonchev–Trinajstić information content (AvgIpc) is 3.34. The van der Waals surface area contributed by atoms with Gasteiger partial charge < -0.3 is 4.43 Å². The van der Waals surface area contributed by atoms with Crippen molar-refractivity contribution in [2.45, 2.75) is 179 Å². The first-order chi connectivity index (χ1) is 24.5. The molecule has 0 bridgehead atoms. The molecule has 0 heterocycles. The van der Waals surface area contributed by atoms with Crippen LogP contribution in [0.5, 0.6) is 5.75 Å². The van der Waals surface area contributed by atoms with Crippen LogP contribution in [0.25, 0.3) is 11.1 Å². The summed E-state index contributed by atoms with van der Waals surface area (Å²) in [5.74, 6) is -17.5. The number of alkyl halides is 2. The average molecular weight is 795 g/mol. The fraction of sp³-hybridized carbons (Fsp3) is 0.700. The van der Waals surface area contributed by atoms with Crippen molar-refractivity contribution in [1.82, 2.24) is 0 Å². The number of benzene rings is 2. The lowest BCUT2D eigenvalue weighted by molar-refractivity contribution is 0.0425. The topological polar surface area (TPSA) is 9.23 Å². The molecule has 0 fully saturated rings. The molecule has 12 heteroatoms. The number of rotatable bonds is 23. The maximum atomic E-state index is 16.5. The Morgan fingerprint density at radius 1 is 0.558 bits per heavy atom. The monoisotopic (exact) mass is 794 g/mol. The van der Waals surface area contributed by atoms with E-state index in [2.05, 4.69) is 41.5 Å². The molecule has 2 aromatic carbocycles. The van der Waals surface area contributed by atoms with Gasteiger partial charge in [-0.25, -0.2) is 22.0 Å². The second-order valence-corrected chi connectivity index (χ2v) is 31.0. The molecule has 52 heavy (non-hydrogen) atoms. The van der Waals surface area contributed by atoms with E-state index >= 15 is 26.3 Å². The lowest BCUT2D eigenvalue weighted by atomic mass is 10.0. The van der Waals surface area contributed by atoms with Gasteiger partial charge in [0.15, 0.2) is 34.8 Å². The van der Waals surface area contributed by atoms with Crippen molar-refractivity contribution in [2.24, 2.45) is 0 Å². The number of halogens is 8. The van der Waals surface area contributed by atoms with Gasteiger partial charge in [0.2, 0.25) is 5.82 Å². The van der Waals surface area contributed by atoms with Crippen molar-refractivity contribution >= 4 is 24.5 Å². The third kappa shape index (κ3) is 9.06. The Morgan fingerprint density at radius 3 is 1.56 bits per heavy atom. The molecule has 1 atom stereocenters. The lowest BCUT2D eigenvalue weighted by Gasteiger charge is -2.38. The third-order valence-electron chi connectivity index (χ3n) is 12.7. The summed E-state index contributed by atoms with van der Waals surface area (Å²) in [4.78, 5) is 0. The first-order valence-corrected chi connectivity index (χ1v) is 28.0. The van der Waals surface area contributed by atoms with Crippen molar-refractivity contribution in [1.29, 1.82) is 0 Å². The molecule has 3 rings (SSSR count). The summed E-state index contributed by atoms with van der Waals surface area (Å²) < 4.78 is 129. The van der Waals surface area contributed by atoms with E-state index in [4.69, 9.17) is 4.43 Å². The van der Waals surface area contributed by atoms with Gasteiger partial charge in [0.05, 0.1) is 21.7 Å². The van der Waals surface area contributed by atoms with E-state index in [1.165, 1.54) is 43.4 Å². The highest BCUT2D eigenvalue weighted by Gasteiger charge is 2.53. The van der Waals surface area contributed by atoms with E-state index in [1.54, 1.807) is 0 Å². The van der Waals surface area contributed by atoms with Gasteiger partial charge in [-0.15, -0.1) is 0 Å². The molecular formula is C40H62F8OSi3. The van der Waals surface area contributed by atoms with Gasteiger partial charge in [0, 0.05) is 16.7 Å². The van der Waals surface area contributed by atoms with Crippen molar-refractivity contribution in [3.63, 3.8) is 0 Å². The van der Waals surface area contributed by atoms with Gasteiger partial charge in [-0.2, -0.15) is 13.2 Å². The first kappa shape index (κ1) is 44.7. The van der Waals surface area contributed by atoms with Crippen LogP contribution in [0.3, 0.4) is 0 Å². The Labute approximate surface area is 310 Å². The summed E-state index contributed by atoms with van der Waals surface area (Å²) in [5.41, 5.74) is -6.03. The minimum absolute atomic E-state index is 0.0167. The molecule has 0 aromatic heterocycles. The summed E-state index contributed by atoms with van der Waals surface area (Å²) >= 11 is 0. The zero-order valence-electron chi connectivity index (χ0n) is 32.8. The van der Waals surface area contributed by atoms with Crippen LogP contribution in [0.4, 0.5) is 35.1 Å². The van der Waals surface area contributed by atoms with Crippen molar-refractivity contribution in [3.8, 4) is 16.9 Å². The molecule has 0 N–H and O–H groups in total. The molecule has 0 aliphatic heterocycles. The summed E-state index contributed by atoms with van der Waals surface area (Å²) in [6.07, 6.45) is 8.19. The highest BCUT2D eigenvalue weighted by atomic mass is 28.4. The van der Waals surface area contributed by atoms with Crippen LogP contribution >= 0.6 is 0 Å². The Kier molecular flexibility index (Phi) is 16.2. The number of hydrogen-bond acceptors (Lipinski definition) is 1. The fourth-order valence-corrected chi connectivity index (χ4v) is 22.8. The molecule has 1 aliphatic carbocycles. The zero-order chi connectivity index (χ0) is 39.1. The highest BCUT2D eigenvalue weighted by Crippen LogP contribution is 2.57. The van der Waals surface area contributed by atoms with Crippen LogP contribution in [0, 0.1) is 34.9 Å². The van der Waals surface area contributed by atoms with Crippen LogP contribution in [-0.4, -0.2) is 24.5 Å². The van der Waals surface area contributed by atoms with Crippen molar-refractivity contribution in [2.75, 3.05) is 0 Å². The third-order valence-corrected chi connectivity index (χ3v) is 29.8. The number of unbranched alkanes of at least 4 members (excludes halogenated alkanes) is 3. The smallest absolute Gasteiger partial charge is 0.302 e. The van der Waals surface area contributed by atoms with E-state index in [-0.39, 0.29) is 11.6 Å². The van der Waals surface area contributed by atoms with Gasteiger partial charge in [0.1, 0.15) is 0 Å². The molecule has 1 aliphatic rings. The van der Waals surface area contributed by atoms with Crippen molar-refractivity contribution in [3.05, 3.63) is 52.1 Å². The molecule has 0 radical (unpaired) electrons. The zero-order valence-corrected chi connectivity index (χ0v) is 35.8. The predicted octanol–water partition coefficient (Wildman–Crippen LogP) is 15.5. The molecule has 2 aromatic rings. The van der Waals surface area contributed by atoms with Crippen LogP contribution in [0.1, 0.15) is 118 Å². The standard InChI is InChI=1S/C40H62F8OSi3/c1-9-20-51(21-10-2,22-11-3)23-17-15-16-18-25-52(28(7)8,26-19-24-50(12-4,13-5)14-6)49-39-36(44)32-31-29(27-30(41)34(42)35(31)43)40(47,48)33(32)37(45)38(39)46/h27-28H,9-26H2,1-8H3. The summed E-state index contributed by atoms with van der Waals surface area (Å²) in [7, 11) is -6.11. The van der Waals surface area contributed by atoms with Crippen LogP contribution in [0.2, 0.25) is 66.0 Å².